The van der Waals surface area contributed by atoms with Gasteiger partial charge in [-0.15, -0.1) is 0 Å². The van der Waals surface area contributed by atoms with Gasteiger partial charge in [-0.1, -0.05) is 48.7 Å². The van der Waals surface area contributed by atoms with Gasteiger partial charge in [-0.2, -0.15) is 0 Å². The van der Waals surface area contributed by atoms with Crippen molar-refractivity contribution < 1.29 is 43.1 Å². The Labute approximate surface area is 318 Å². The lowest BCUT2D eigenvalue weighted by atomic mass is 9.44. The lowest BCUT2D eigenvalue weighted by Crippen LogP contribution is -2.70. The van der Waals surface area contributed by atoms with Crippen LogP contribution in [0.1, 0.15) is 73.0 Å². The van der Waals surface area contributed by atoms with Gasteiger partial charge in [0.2, 0.25) is 0 Å². The summed E-state index contributed by atoms with van der Waals surface area (Å²) in [6.07, 6.45) is 4.72. The average molecular weight is 777 g/mol. The first-order chi connectivity index (χ1) is 24.9. The Morgan fingerprint density at radius 1 is 1.15 bits per heavy atom. The molecule has 1 aromatic carbocycles. The molecule has 2 aromatic rings. The molecule has 288 valence electrons. The number of imidazole rings is 1. The quantitative estimate of drug-likeness (QED) is 0.291. The van der Waals surface area contributed by atoms with Crippen LogP contribution in [-0.2, 0) is 28.5 Å². The van der Waals surface area contributed by atoms with Gasteiger partial charge in [0, 0.05) is 29.9 Å². The van der Waals surface area contributed by atoms with Crippen molar-refractivity contribution in [2.45, 2.75) is 114 Å². The zero-order valence-electron chi connectivity index (χ0n) is 30.6. The molecular weight excluding hydrogens is 728 g/mol. The number of aromatic nitrogens is 2. The molecular formula is C39H48Cl2FN3O8. The van der Waals surface area contributed by atoms with Gasteiger partial charge in [0.15, 0.2) is 29.1 Å². The standard InChI is InChI=1S/C39H48Cl2FN3O8/c1-20-13-24-23-8-7-21-14-22(46)9-10-36(21,4)38(23,42)30(47)17-37(24,5)39(20,49)34(48)43-11-6-12-50-18-29-31-32(53-35(2,3)52-31)33(51-29)45-19-44-27-15-25(40)26(41)16-28(27)45/h9-10,14-16,19-20,23-24,29-33,47,49H,6-8,11-13,17-18H2,1-5H3,(H,43,48)/t20-,23+,24?,29-,30+,31-,32-,33-,36+,37+,38+,39+/m1/s1. The Hall–Kier alpha value is -2.42. The summed E-state index contributed by atoms with van der Waals surface area (Å²) in [6, 6.07) is 3.46. The first kappa shape index (κ1) is 37.5. The number of hydrogen-bond acceptors (Lipinski definition) is 9. The number of fused-ring (bicyclic) bond motifs is 7. The van der Waals surface area contributed by atoms with Gasteiger partial charge in [0.05, 0.1) is 40.1 Å². The van der Waals surface area contributed by atoms with Crippen LogP contribution in [-0.4, -0.2) is 92.7 Å². The monoisotopic (exact) mass is 775 g/mol. The molecule has 4 aliphatic carbocycles. The molecule has 3 saturated carbocycles. The van der Waals surface area contributed by atoms with Crippen LogP contribution >= 0.6 is 23.2 Å². The average Bonchev–Trinajstić information content (AvgIpc) is 3.79. The van der Waals surface area contributed by atoms with E-state index in [1.165, 1.54) is 12.2 Å². The Morgan fingerprint density at radius 3 is 2.66 bits per heavy atom. The number of nitrogens with zero attached hydrogens (tertiary/aromatic N) is 2. The molecule has 11 nitrogen and oxygen atoms in total. The van der Waals surface area contributed by atoms with Crippen molar-refractivity contribution in [3.05, 3.63) is 52.3 Å². The molecule has 0 radical (unpaired) electrons. The number of aliphatic hydroxyl groups excluding tert-OH is 1. The van der Waals surface area contributed by atoms with Crippen LogP contribution in [0.3, 0.4) is 0 Å². The van der Waals surface area contributed by atoms with Crippen LogP contribution in [0.25, 0.3) is 11.0 Å². The molecule has 1 aromatic heterocycles. The number of hydrogen-bond donors (Lipinski definition) is 3. The molecule has 1 unspecified atom stereocenters. The molecule has 8 rings (SSSR count). The van der Waals surface area contributed by atoms with E-state index in [1.807, 2.05) is 32.3 Å². The summed E-state index contributed by atoms with van der Waals surface area (Å²) in [5, 5.41) is 27.6. The maximum Gasteiger partial charge on any atom is 0.252 e. The van der Waals surface area contributed by atoms with Crippen molar-refractivity contribution in [1.29, 1.82) is 0 Å². The maximum absolute atomic E-state index is 17.5. The van der Waals surface area contributed by atoms with Crippen molar-refractivity contribution in [2.75, 3.05) is 19.8 Å². The van der Waals surface area contributed by atoms with Crippen molar-refractivity contribution in [2.24, 2.45) is 28.6 Å². The van der Waals surface area contributed by atoms with E-state index in [2.05, 4.69) is 10.3 Å². The Kier molecular flexibility index (Phi) is 9.06. The molecule has 2 aliphatic heterocycles. The number of nitrogens with one attached hydrogen (secondary N) is 1. The fraction of sp³-hybridized carbons (Fsp3) is 0.667. The number of benzene rings is 1. The smallest absolute Gasteiger partial charge is 0.252 e. The van der Waals surface area contributed by atoms with Crippen molar-refractivity contribution in [3.8, 4) is 0 Å². The SMILES string of the molecule is C[C@@H]1CC2[C@@H]3CCC4=CC(=O)C=C[C@]4(C)[C@@]3(F)[C@@H](O)C[C@]2(C)[C@@]1(O)C(=O)NCCCOC[C@H]1O[C@@H](n2cnc3cc(Cl)c(Cl)cc32)[C@@H]2OC(C)(C)O[C@@H]21. The third kappa shape index (κ3) is 5.44. The molecule has 2 saturated heterocycles. The highest BCUT2D eigenvalue weighted by Crippen LogP contribution is 2.70. The molecule has 14 heteroatoms. The number of aliphatic hydroxyl groups is 2. The molecule has 3 N–H and O–H groups in total. The van der Waals surface area contributed by atoms with Gasteiger partial charge in [-0.25, -0.2) is 9.37 Å². The summed E-state index contributed by atoms with van der Waals surface area (Å²) in [4.78, 5) is 30.5. The number of allylic oxidation sites excluding steroid dienone is 4. The third-order valence-electron chi connectivity index (χ3n) is 13.6. The fourth-order valence-electron chi connectivity index (χ4n) is 11.0. The van der Waals surface area contributed by atoms with Crippen molar-refractivity contribution in [1.82, 2.24) is 14.9 Å². The maximum atomic E-state index is 17.5. The second kappa shape index (κ2) is 12.8. The van der Waals surface area contributed by atoms with Gasteiger partial charge in [0.1, 0.15) is 18.3 Å². The molecule has 5 fully saturated rings. The van der Waals surface area contributed by atoms with E-state index in [0.29, 0.717) is 53.4 Å². The van der Waals surface area contributed by atoms with Gasteiger partial charge in [-0.3, -0.25) is 9.59 Å². The molecule has 53 heavy (non-hydrogen) atoms. The summed E-state index contributed by atoms with van der Waals surface area (Å²) in [6.45, 7) is 9.91. The molecule has 1 amide bonds. The minimum atomic E-state index is -2.03. The van der Waals surface area contributed by atoms with E-state index in [9.17, 15) is 19.8 Å². The Balaban J connectivity index is 0.890. The third-order valence-corrected chi connectivity index (χ3v) is 14.3. The van der Waals surface area contributed by atoms with E-state index in [1.54, 1.807) is 31.5 Å². The fourth-order valence-corrected chi connectivity index (χ4v) is 11.3. The van der Waals surface area contributed by atoms with E-state index < -0.39 is 76.3 Å². The van der Waals surface area contributed by atoms with Gasteiger partial charge >= 0.3 is 0 Å². The number of halogens is 3. The number of amides is 1. The molecule has 0 bridgehead atoms. The summed E-state index contributed by atoms with van der Waals surface area (Å²) in [5.41, 5.74) is -3.91. The highest BCUT2D eigenvalue weighted by molar-refractivity contribution is 6.42. The predicted octanol–water partition coefficient (Wildman–Crippen LogP) is 5.63. The Morgan fingerprint density at radius 2 is 1.89 bits per heavy atom. The molecule has 6 aliphatic rings. The van der Waals surface area contributed by atoms with Crippen LogP contribution in [0.2, 0.25) is 10.0 Å². The summed E-state index contributed by atoms with van der Waals surface area (Å²) in [5.74, 6) is -2.90. The highest BCUT2D eigenvalue weighted by Gasteiger charge is 2.75. The molecule has 0 spiro atoms. The minimum Gasteiger partial charge on any atom is -0.390 e. The van der Waals surface area contributed by atoms with Gasteiger partial charge in [0.25, 0.3) is 5.91 Å². The number of ketones is 1. The first-order valence-electron chi connectivity index (χ1n) is 18.7. The van der Waals surface area contributed by atoms with E-state index in [0.717, 1.165) is 5.52 Å². The second-order valence-electron chi connectivity index (χ2n) is 16.9. The van der Waals surface area contributed by atoms with Crippen LogP contribution < -0.4 is 5.32 Å². The van der Waals surface area contributed by atoms with Crippen LogP contribution in [0.5, 0.6) is 0 Å². The Bertz CT molecular complexity index is 1900. The predicted molar refractivity (Wildman–Crippen MR) is 194 cm³/mol. The van der Waals surface area contributed by atoms with Crippen LogP contribution in [0, 0.1) is 28.6 Å². The normalized spacial score (nSPS) is 42.6. The number of rotatable bonds is 8. The first-order valence-corrected chi connectivity index (χ1v) is 19.4. The van der Waals surface area contributed by atoms with Gasteiger partial charge < -0.3 is 39.0 Å². The lowest BCUT2D eigenvalue weighted by molar-refractivity contribution is -0.219. The van der Waals surface area contributed by atoms with E-state index in [-0.39, 0.29) is 31.3 Å². The summed E-state index contributed by atoms with van der Waals surface area (Å²) >= 11 is 12.5. The lowest BCUT2D eigenvalue weighted by Gasteiger charge is -2.62. The number of carbonyl (C=O) groups excluding carboxylic acids is 2. The van der Waals surface area contributed by atoms with Crippen LogP contribution in [0.15, 0.2) is 42.3 Å². The van der Waals surface area contributed by atoms with E-state index in [4.69, 9.17) is 42.1 Å². The number of carbonyl (C=O) groups is 2. The topological polar surface area (TPSA) is 141 Å². The highest BCUT2D eigenvalue weighted by atomic mass is 35.5. The van der Waals surface area contributed by atoms with Crippen molar-refractivity contribution in [3.63, 3.8) is 0 Å². The zero-order chi connectivity index (χ0) is 37.9. The largest absolute Gasteiger partial charge is 0.390 e. The number of ether oxygens (including phenoxy) is 4. The number of alkyl halides is 1. The minimum absolute atomic E-state index is 0.0739. The van der Waals surface area contributed by atoms with Crippen LogP contribution in [0.4, 0.5) is 4.39 Å². The molecule has 3 heterocycles. The van der Waals surface area contributed by atoms with Gasteiger partial charge in [-0.05, 0) is 89.0 Å². The second-order valence-corrected chi connectivity index (χ2v) is 17.7. The van der Waals surface area contributed by atoms with Crippen molar-refractivity contribution >= 4 is 45.9 Å². The van der Waals surface area contributed by atoms with E-state index >= 15 is 4.39 Å². The summed E-state index contributed by atoms with van der Waals surface area (Å²) in [7, 11) is 0. The molecule has 12 atom stereocenters. The zero-order valence-corrected chi connectivity index (χ0v) is 32.1. The summed E-state index contributed by atoms with van der Waals surface area (Å²) < 4.78 is 44.3.